The van der Waals surface area contributed by atoms with Gasteiger partial charge < -0.3 is 4.74 Å². The van der Waals surface area contributed by atoms with E-state index in [2.05, 4.69) is 21.2 Å². The molecule has 0 radical (unpaired) electrons. The second-order valence-electron chi connectivity index (χ2n) is 6.62. The summed E-state index contributed by atoms with van der Waals surface area (Å²) in [4.78, 5) is 48.9. The highest BCUT2D eigenvalue weighted by atomic mass is 79.9. The summed E-state index contributed by atoms with van der Waals surface area (Å²) in [6.45, 7) is 2.49. The lowest BCUT2D eigenvalue weighted by atomic mass is 10.1. The molecule has 0 unspecified atom stereocenters. The lowest BCUT2D eigenvalue weighted by Crippen LogP contribution is -2.54. The molecular weight excluding hydrogens is 470 g/mol. The first-order valence-corrected chi connectivity index (χ1v) is 10.2. The van der Waals surface area contributed by atoms with Crippen molar-refractivity contribution in [2.75, 3.05) is 11.5 Å². The summed E-state index contributed by atoms with van der Waals surface area (Å²) < 4.78 is 6.46. The number of imide groups is 2. The molecule has 9 nitrogen and oxygen atoms in total. The predicted molar refractivity (Wildman–Crippen MR) is 117 cm³/mol. The fourth-order valence-electron chi connectivity index (χ4n) is 2.88. The number of non-ortho nitro benzene ring substituents is 1. The van der Waals surface area contributed by atoms with E-state index in [0.717, 1.165) is 18.9 Å². The molecule has 3 rings (SSSR count). The van der Waals surface area contributed by atoms with Crippen molar-refractivity contribution in [2.24, 2.45) is 0 Å². The molecule has 1 N–H and O–H groups in total. The number of nitrogens with zero attached hydrogens (tertiary/aromatic N) is 2. The Hall–Kier alpha value is -3.53. The molecule has 1 fully saturated rings. The minimum atomic E-state index is -0.985. The average molecular weight is 488 g/mol. The fraction of sp³-hybridized carbons (Fsp3) is 0.190. The number of nitrogens with one attached hydrogen (secondary N) is 1. The molecule has 0 spiro atoms. The molecule has 1 saturated heterocycles. The number of barbiturate groups is 1. The fourth-order valence-corrected chi connectivity index (χ4v) is 3.26. The van der Waals surface area contributed by atoms with Gasteiger partial charge in [-0.1, -0.05) is 35.3 Å². The zero-order valence-electron chi connectivity index (χ0n) is 16.5. The zero-order chi connectivity index (χ0) is 22.5. The lowest BCUT2D eigenvalue weighted by molar-refractivity contribution is -0.384. The zero-order valence-corrected chi connectivity index (χ0v) is 18.0. The second-order valence-corrected chi connectivity index (χ2v) is 7.53. The second kappa shape index (κ2) is 9.52. The maximum atomic E-state index is 13.0. The SMILES string of the molecule is CCCCOc1ccc(Br)cc1C=C1C(=O)NC(=O)N(c2cccc([N+](=O)[O-])c2)C1=O. The molecule has 0 bridgehead atoms. The van der Waals surface area contributed by atoms with Crippen LogP contribution in [-0.4, -0.2) is 29.4 Å². The molecule has 2 aromatic carbocycles. The number of urea groups is 1. The van der Waals surface area contributed by atoms with Gasteiger partial charge in [0.05, 0.1) is 17.2 Å². The summed E-state index contributed by atoms with van der Waals surface area (Å²) in [5, 5.41) is 13.2. The van der Waals surface area contributed by atoms with Gasteiger partial charge in [-0.25, -0.2) is 9.69 Å². The molecule has 1 heterocycles. The van der Waals surface area contributed by atoms with Crippen LogP contribution in [0, 0.1) is 10.1 Å². The third-order valence-electron chi connectivity index (χ3n) is 4.43. The molecule has 31 heavy (non-hydrogen) atoms. The number of carbonyl (C=O) groups excluding carboxylic acids is 3. The summed E-state index contributed by atoms with van der Waals surface area (Å²) in [6.07, 6.45) is 3.11. The van der Waals surface area contributed by atoms with E-state index in [9.17, 15) is 24.5 Å². The van der Waals surface area contributed by atoms with E-state index in [1.165, 1.54) is 24.3 Å². The Labute approximate surface area is 186 Å². The highest BCUT2D eigenvalue weighted by molar-refractivity contribution is 9.10. The standard InChI is InChI=1S/C21H18BrN3O6/c1-2-3-9-31-18-8-7-14(22)10-13(18)11-17-19(26)23-21(28)24(20(17)27)15-5-4-6-16(12-15)25(29)30/h4-8,10-12H,2-3,9H2,1H3,(H,23,26,28). The number of ether oxygens (including phenoxy) is 1. The van der Waals surface area contributed by atoms with Crippen LogP contribution in [0.3, 0.4) is 0 Å². The Morgan fingerprint density at radius 2 is 1.97 bits per heavy atom. The van der Waals surface area contributed by atoms with Crippen molar-refractivity contribution in [1.82, 2.24) is 5.32 Å². The molecular formula is C21H18BrN3O6. The number of nitro groups is 1. The highest BCUT2D eigenvalue weighted by Gasteiger charge is 2.37. The van der Waals surface area contributed by atoms with Gasteiger partial charge in [-0.05, 0) is 36.8 Å². The van der Waals surface area contributed by atoms with Crippen molar-refractivity contribution < 1.29 is 24.0 Å². The molecule has 4 amide bonds. The summed E-state index contributed by atoms with van der Waals surface area (Å²) in [7, 11) is 0. The normalized spacial score (nSPS) is 15.2. The number of anilines is 1. The third kappa shape index (κ3) is 4.97. The lowest BCUT2D eigenvalue weighted by Gasteiger charge is -2.26. The third-order valence-corrected chi connectivity index (χ3v) is 4.92. The Kier molecular flexibility index (Phi) is 6.81. The van der Waals surface area contributed by atoms with Gasteiger partial charge in [-0.3, -0.25) is 25.0 Å². The Bertz CT molecular complexity index is 1100. The maximum Gasteiger partial charge on any atom is 0.335 e. The van der Waals surface area contributed by atoms with Crippen molar-refractivity contribution in [3.8, 4) is 5.75 Å². The first-order chi connectivity index (χ1) is 14.8. The van der Waals surface area contributed by atoms with Gasteiger partial charge in [0.15, 0.2) is 0 Å². The van der Waals surface area contributed by atoms with Crippen LogP contribution in [0.1, 0.15) is 25.3 Å². The number of nitro benzene ring substituents is 1. The number of carbonyl (C=O) groups is 3. The Morgan fingerprint density at radius 1 is 1.19 bits per heavy atom. The van der Waals surface area contributed by atoms with Gasteiger partial charge in [0, 0.05) is 22.2 Å². The molecule has 0 atom stereocenters. The van der Waals surface area contributed by atoms with Crippen LogP contribution in [0.15, 0.2) is 52.5 Å². The minimum Gasteiger partial charge on any atom is -0.493 e. The van der Waals surface area contributed by atoms with Crippen molar-refractivity contribution in [1.29, 1.82) is 0 Å². The smallest absolute Gasteiger partial charge is 0.335 e. The highest BCUT2D eigenvalue weighted by Crippen LogP contribution is 2.29. The van der Waals surface area contributed by atoms with Gasteiger partial charge in [-0.2, -0.15) is 0 Å². The first kappa shape index (κ1) is 22.2. The summed E-state index contributed by atoms with van der Waals surface area (Å²) in [5.74, 6) is -1.28. The van der Waals surface area contributed by atoms with Gasteiger partial charge in [0.25, 0.3) is 17.5 Å². The first-order valence-electron chi connectivity index (χ1n) is 9.40. The topological polar surface area (TPSA) is 119 Å². The van der Waals surface area contributed by atoms with Crippen molar-refractivity contribution in [3.63, 3.8) is 0 Å². The predicted octanol–water partition coefficient (Wildman–Crippen LogP) is 4.20. The molecule has 10 heteroatoms. The van der Waals surface area contributed by atoms with Crippen molar-refractivity contribution in [3.05, 3.63) is 68.2 Å². The number of rotatable bonds is 7. The van der Waals surface area contributed by atoms with Crippen LogP contribution in [0.5, 0.6) is 5.75 Å². The molecule has 160 valence electrons. The van der Waals surface area contributed by atoms with Crippen LogP contribution in [0.2, 0.25) is 0 Å². The minimum absolute atomic E-state index is 0.0243. The van der Waals surface area contributed by atoms with Crippen LogP contribution < -0.4 is 15.0 Å². The average Bonchev–Trinajstić information content (AvgIpc) is 2.72. The van der Waals surface area contributed by atoms with Crippen molar-refractivity contribution in [2.45, 2.75) is 19.8 Å². The number of hydrogen-bond donors (Lipinski definition) is 1. The van der Waals surface area contributed by atoms with Gasteiger partial charge in [0.2, 0.25) is 0 Å². The van der Waals surface area contributed by atoms with E-state index >= 15 is 0 Å². The van der Waals surface area contributed by atoms with E-state index in [0.29, 0.717) is 27.3 Å². The molecule has 0 saturated carbocycles. The summed E-state index contributed by atoms with van der Waals surface area (Å²) >= 11 is 3.35. The van der Waals surface area contributed by atoms with E-state index in [-0.39, 0.29) is 16.9 Å². The summed E-state index contributed by atoms with van der Waals surface area (Å²) in [5.41, 5.74) is -0.148. The number of unbranched alkanes of at least 4 members (excludes halogenated alkanes) is 1. The molecule has 1 aliphatic heterocycles. The number of amides is 4. The van der Waals surface area contributed by atoms with E-state index in [1.54, 1.807) is 18.2 Å². The van der Waals surface area contributed by atoms with Crippen LogP contribution in [0.4, 0.5) is 16.2 Å². The Balaban J connectivity index is 2.01. The van der Waals surface area contributed by atoms with E-state index in [4.69, 9.17) is 4.74 Å². The van der Waals surface area contributed by atoms with E-state index < -0.39 is 22.8 Å². The van der Waals surface area contributed by atoms with Gasteiger partial charge in [0.1, 0.15) is 11.3 Å². The number of benzene rings is 2. The van der Waals surface area contributed by atoms with Crippen LogP contribution in [0.25, 0.3) is 6.08 Å². The molecule has 2 aromatic rings. The molecule has 1 aliphatic rings. The van der Waals surface area contributed by atoms with Crippen LogP contribution in [-0.2, 0) is 9.59 Å². The largest absolute Gasteiger partial charge is 0.493 e. The molecule has 0 aromatic heterocycles. The van der Waals surface area contributed by atoms with Gasteiger partial charge in [-0.15, -0.1) is 0 Å². The quantitative estimate of drug-likeness (QED) is 0.205. The number of hydrogen-bond acceptors (Lipinski definition) is 6. The van der Waals surface area contributed by atoms with Crippen LogP contribution >= 0.6 is 15.9 Å². The number of halogens is 1. The summed E-state index contributed by atoms with van der Waals surface area (Å²) in [6, 6.07) is 9.22. The monoisotopic (exact) mass is 487 g/mol. The van der Waals surface area contributed by atoms with Crippen molar-refractivity contribution >= 4 is 51.2 Å². The Morgan fingerprint density at radius 3 is 2.68 bits per heavy atom. The molecule has 0 aliphatic carbocycles. The van der Waals surface area contributed by atoms with E-state index in [1.807, 2.05) is 6.92 Å². The maximum absolute atomic E-state index is 13.0. The van der Waals surface area contributed by atoms with Gasteiger partial charge >= 0.3 is 6.03 Å².